The summed E-state index contributed by atoms with van der Waals surface area (Å²) in [5.41, 5.74) is 4.26. The lowest BCUT2D eigenvalue weighted by Gasteiger charge is -2.58. The maximum atomic E-state index is 2.76. The first-order valence-electron chi connectivity index (χ1n) is 14.9. The summed E-state index contributed by atoms with van der Waals surface area (Å²) < 4.78 is 2.50. The van der Waals surface area contributed by atoms with E-state index in [0.29, 0.717) is 16.9 Å². The Kier molecular flexibility index (Phi) is 6.80. The first kappa shape index (κ1) is 24.6. The summed E-state index contributed by atoms with van der Waals surface area (Å²) in [5.74, 6) is 5.60. The lowest BCUT2D eigenvalue weighted by Crippen LogP contribution is -2.52. The van der Waals surface area contributed by atoms with E-state index in [2.05, 4.69) is 76.7 Å². The summed E-state index contributed by atoms with van der Waals surface area (Å²) in [4.78, 5) is 0. The second-order valence-electron chi connectivity index (χ2n) is 14.0. The van der Waals surface area contributed by atoms with Gasteiger partial charge >= 0.3 is 0 Å². The molecule has 1 aromatic heterocycles. The van der Waals surface area contributed by atoms with Gasteiger partial charge in [-0.1, -0.05) is 65.5 Å². The van der Waals surface area contributed by atoms with Gasteiger partial charge in [-0.15, -0.1) is 0 Å². The molecule has 4 aliphatic carbocycles. The van der Waals surface area contributed by atoms with E-state index >= 15 is 0 Å². The normalized spacial score (nSPS) is 40.3. The summed E-state index contributed by atoms with van der Waals surface area (Å²) in [6, 6.07) is 5.22. The molecule has 0 bridgehead atoms. The van der Waals surface area contributed by atoms with E-state index in [4.69, 9.17) is 0 Å². The minimum Gasteiger partial charge on any atom is -0.202 e. The summed E-state index contributed by atoms with van der Waals surface area (Å²) in [6.45, 7) is 15.0. The van der Waals surface area contributed by atoms with Gasteiger partial charge in [0.25, 0.3) is 0 Å². The molecule has 1 heterocycles. The fourth-order valence-corrected chi connectivity index (χ4v) is 9.68. The van der Waals surface area contributed by atoms with Crippen molar-refractivity contribution in [2.75, 3.05) is 0 Å². The van der Waals surface area contributed by atoms with Crippen LogP contribution >= 0.6 is 0 Å². The van der Waals surface area contributed by atoms with Crippen LogP contribution in [0.2, 0.25) is 0 Å². The third kappa shape index (κ3) is 4.22. The molecule has 1 heteroatoms. The quantitative estimate of drug-likeness (QED) is 0.293. The fraction of sp³-hybridized carbons (Fsp3) is 0.788. The second kappa shape index (κ2) is 9.40. The molecular formula is C33H52N+. The molecule has 0 aliphatic heterocycles. The van der Waals surface area contributed by atoms with Gasteiger partial charge in [-0.25, -0.2) is 4.57 Å². The molecule has 0 aromatic carbocycles. The Labute approximate surface area is 210 Å². The largest absolute Gasteiger partial charge is 0.202 e. The molecule has 4 aliphatic rings. The predicted molar refractivity (Wildman–Crippen MR) is 143 cm³/mol. The molecular weight excluding hydrogens is 410 g/mol. The van der Waals surface area contributed by atoms with Crippen LogP contribution in [0.4, 0.5) is 0 Å². The zero-order valence-electron chi connectivity index (χ0n) is 23.2. The lowest BCUT2D eigenvalue weighted by molar-refractivity contribution is -0.725. The standard InChI is InChI=1S/C33H52N/c1-23(2)8-7-9-25(4)29-12-13-30-28-11-10-26-22-27(34-20-16-24(3)17-21-34)14-18-32(26,5)31(28)15-19-33(29,30)6/h10,16-17,20-21,23,25,27-31H,7-9,11-15,18-19,22H2,1-6H3/q+1. The average Bonchev–Trinajstić information content (AvgIpc) is 3.16. The highest BCUT2D eigenvalue weighted by atomic mass is 15.0. The van der Waals surface area contributed by atoms with Crippen LogP contribution in [0.25, 0.3) is 0 Å². The topological polar surface area (TPSA) is 3.88 Å². The summed E-state index contributed by atoms with van der Waals surface area (Å²) in [6.07, 6.45) is 23.1. The van der Waals surface area contributed by atoms with Gasteiger partial charge in [-0.05, 0) is 97.3 Å². The van der Waals surface area contributed by atoms with E-state index in [0.717, 1.165) is 35.5 Å². The molecule has 1 nitrogen and oxygen atoms in total. The predicted octanol–water partition coefficient (Wildman–Crippen LogP) is 8.87. The van der Waals surface area contributed by atoms with Crippen molar-refractivity contribution >= 4 is 0 Å². The second-order valence-corrected chi connectivity index (χ2v) is 14.0. The van der Waals surface area contributed by atoms with Crippen molar-refractivity contribution < 1.29 is 4.57 Å². The van der Waals surface area contributed by atoms with Gasteiger partial charge in [-0.2, -0.15) is 0 Å². The highest BCUT2D eigenvalue weighted by molar-refractivity contribution is 5.25. The number of hydrogen-bond acceptors (Lipinski definition) is 0. The maximum Gasteiger partial charge on any atom is 0.169 e. The molecule has 3 saturated carbocycles. The van der Waals surface area contributed by atoms with Crippen LogP contribution in [-0.4, -0.2) is 0 Å². The minimum absolute atomic E-state index is 0.465. The molecule has 0 amide bonds. The number of aryl methyl sites for hydroxylation is 1. The minimum atomic E-state index is 0.465. The maximum absolute atomic E-state index is 2.76. The molecule has 0 saturated heterocycles. The molecule has 3 fully saturated rings. The third-order valence-corrected chi connectivity index (χ3v) is 11.7. The molecule has 0 radical (unpaired) electrons. The van der Waals surface area contributed by atoms with Crippen LogP contribution in [-0.2, 0) is 0 Å². The highest BCUT2D eigenvalue weighted by Crippen LogP contribution is 2.67. The lowest BCUT2D eigenvalue weighted by atomic mass is 9.47. The summed E-state index contributed by atoms with van der Waals surface area (Å²) >= 11 is 0. The Morgan fingerprint density at radius 3 is 2.44 bits per heavy atom. The Hall–Kier alpha value is -1.11. The van der Waals surface area contributed by atoms with Crippen LogP contribution in [0.1, 0.15) is 117 Å². The van der Waals surface area contributed by atoms with Gasteiger partial charge in [0.2, 0.25) is 0 Å². The van der Waals surface area contributed by atoms with Crippen LogP contribution < -0.4 is 4.57 Å². The molecule has 8 unspecified atom stereocenters. The smallest absolute Gasteiger partial charge is 0.169 e. The van der Waals surface area contributed by atoms with E-state index in [1.54, 1.807) is 0 Å². The Morgan fingerprint density at radius 2 is 1.71 bits per heavy atom. The van der Waals surface area contributed by atoms with Crippen LogP contribution in [0.5, 0.6) is 0 Å². The Morgan fingerprint density at radius 1 is 0.941 bits per heavy atom. The Balaban J connectivity index is 1.30. The first-order chi connectivity index (χ1) is 16.2. The van der Waals surface area contributed by atoms with Crippen molar-refractivity contribution in [3.05, 3.63) is 41.7 Å². The van der Waals surface area contributed by atoms with E-state index in [1.807, 2.05) is 5.57 Å². The van der Waals surface area contributed by atoms with Crippen LogP contribution in [0.3, 0.4) is 0 Å². The number of allylic oxidation sites excluding steroid dienone is 2. The highest BCUT2D eigenvalue weighted by Gasteiger charge is 2.59. The van der Waals surface area contributed by atoms with Crippen molar-refractivity contribution in [3.8, 4) is 0 Å². The molecule has 5 rings (SSSR count). The molecule has 34 heavy (non-hydrogen) atoms. The summed E-state index contributed by atoms with van der Waals surface area (Å²) in [7, 11) is 0. The van der Waals surface area contributed by atoms with E-state index < -0.39 is 0 Å². The first-order valence-corrected chi connectivity index (χ1v) is 14.9. The third-order valence-electron chi connectivity index (χ3n) is 11.7. The van der Waals surface area contributed by atoms with Gasteiger partial charge in [0.1, 0.15) is 0 Å². The number of nitrogens with zero attached hydrogens (tertiary/aromatic N) is 1. The van der Waals surface area contributed by atoms with Crippen molar-refractivity contribution in [1.82, 2.24) is 0 Å². The Bertz CT molecular complexity index is 880. The molecule has 0 N–H and O–H groups in total. The van der Waals surface area contributed by atoms with E-state index in [-0.39, 0.29) is 0 Å². The number of fused-ring (bicyclic) bond motifs is 5. The van der Waals surface area contributed by atoms with E-state index in [9.17, 15) is 0 Å². The van der Waals surface area contributed by atoms with Gasteiger partial charge in [0, 0.05) is 25.0 Å². The fourth-order valence-electron chi connectivity index (χ4n) is 9.68. The molecule has 1 aromatic rings. The SMILES string of the molecule is Cc1cc[n+](C2CCC3(C)C(=CCC4C3CCC3(C)C(C(C)CCCC(C)C)CCC43)C2)cc1. The zero-order chi connectivity index (χ0) is 24.1. The van der Waals surface area contributed by atoms with Gasteiger partial charge < -0.3 is 0 Å². The van der Waals surface area contributed by atoms with E-state index in [1.165, 1.54) is 76.2 Å². The molecule has 8 atom stereocenters. The number of pyridine rings is 1. The van der Waals surface area contributed by atoms with Gasteiger partial charge in [0.15, 0.2) is 18.4 Å². The average molecular weight is 463 g/mol. The van der Waals surface area contributed by atoms with Gasteiger partial charge in [-0.3, -0.25) is 0 Å². The van der Waals surface area contributed by atoms with Crippen molar-refractivity contribution in [2.24, 2.45) is 46.3 Å². The van der Waals surface area contributed by atoms with Crippen LogP contribution in [0, 0.1) is 53.3 Å². The molecule has 188 valence electrons. The van der Waals surface area contributed by atoms with Crippen molar-refractivity contribution in [2.45, 2.75) is 118 Å². The van der Waals surface area contributed by atoms with Crippen molar-refractivity contribution in [1.29, 1.82) is 0 Å². The van der Waals surface area contributed by atoms with Gasteiger partial charge in [0.05, 0.1) is 0 Å². The molecule has 0 spiro atoms. The van der Waals surface area contributed by atoms with Crippen LogP contribution in [0.15, 0.2) is 36.2 Å². The van der Waals surface area contributed by atoms with Crippen molar-refractivity contribution in [3.63, 3.8) is 0 Å². The summed E-state index contributed by atoms with van der Waals surface area (Å²) in [5, 5.41) is 0. The monoisotopic (exact) mass is 462 g/mol. The number of aromatic nitrogens is 1. The zero-order valence-corrected chi connectivity index (χ0v) is 23.2. The number of rotatable bonds is 6. The number of hydrogen-bond donors (Lipinski definition) is 0.